The first kappa shape index (κ1) is 30.2. The number of carbonyl (C=O) groups is 1. The maximum absolute atomic E-state index is 13.7. The Bertz CT molecular complexity index is 1580. The molecule has 43 heavy (non-hydrogen) atoms. The number of rotatable bonds is 11. The van der Waals surface area contributed by atoms with Gasteiger partial charge in [-0.1, -0.05) is 42.8 Å². The molecule has 0 atom stereocenters. The number of hydrogen-bond acceptors (Lipinski definition) is 8. The number of anilines is 2. The number of esters is 1. The fourth-order valence-electron chi connectivity index (χ4n) is 5.37. The number of aromatic nitrogens is 2. The highest BCUT2D eigenvalue weighted by Crippen LogP contribution is 2.36. The van der Waals surface area contributed by atoms with E-state index in [0.29, 0.717) is 17.5 Å². The number of ether oxygens (including phenoxy) is 1. The van der Waals surface area contributed by atoms with Crippen molar-refractivity contribution in [3.63, 3.8) is 0 Å². The zero-order valence-electron chi connectivity index (χ0n) is 24.3. The normalized spacial score (nSPS) is 16.7. The van der Waals surface area contributed by atoms with Gasteiger partial charge >= 0.3 is 12.0 Å². The molecule has 2 heterocycles. The lowest BCUT2D eigenvalue weighted by Gasteiger charge is -2.27. The Morgan fingerprint density at radius 2 is 1.95 bits per heavy atom. The summed E-state index contributed by atoms with van der Waals surface area (Å²) in [6.45, 7) is 4.65. The van der Waals surface area contributed by atoms with Gasteiger partial charge in [0, 0.05) is 36.2 Å². The zero-order chi connectivity index (χ0) is 30.2. The summed E-state index contributed by atoms with van der Waals surface area (Å²) in [5.74, 6) is 0.308. The van der Waals surface area contributed by atoms with E-state index < -0.39 is 5.97 Å². The molecule has 1 fully saturated rings. The average Bonchev–Trinajstić information content (AvgIpc) is 3.50. The van der Waals surface area contributed by atoms with Gasteiger partial charge in [0.2, 0.25) is 0 Å². The maximum atomic E-state index is 13.7. The van der Waals surface area contributed by atoms with Crippen molar-refractivity contribution in [2.75, 3.05) is 17.2 Å². The van der Waals surface area contributed by atoms with Crippen LogP contribution in [0.1, 0.15) is 61.1 Å². The number of nitrogens with zero attached hydrogens (tertiary/aromatic N) is 3. The molecule has 0 unspecified atom stereocenters. The molecule has 8 nitrogen and oxygen atoms in total. The van der Waals surface area contributed by atoms with Crippen LogP contribution in [0, 0.1) is 11.7 Å². The van der Waals surface area contributed by atoms with E-state index in [2.05, 4.69) is 38.6 Å². The molecule has 4 aromatic rings. The lowest BCUT2D eigenvalue weighted by atomic mass is 9.87. The lowest BCUT2D eigenvalue weighted by Crippen LogP contribution is -2.27. The molecule has 224 valence electrons. The fourth-order valence-corrected chi connectivity index (χ4v) is 5.57. The predicted octanol–water partition coefficient (Wildman–Crippen LogP) is 8.25. The van der Waals surface area contributed by atoms with Gasteiger partial charge in [-0.25, -0.2) is 19.2 Å². The third-order valence-electron chi connectivity index (χ3n) is 7.54. The highest BCUT2D eigenvalue weighted by Gasteiger charge is 2.22. The number of benzene rings is 2. The molecule has 1 aliphatic carbocycles. The summed E-state index contributed by atoms with van der Waals surface area (Å²) in [6, 6.07) is 15.2. The van der Waals surface area contributed by atoms with Crippen LogP contribution in [-0.4, -0.2) is 34.8 Å². The second kappa shape index (κ2) is 14.3. The fraction of sp³-hybridized carbons (Fsp3) is 0.333. The number of pyridine rings is 1. The van der Waals surface area contributed by atoms with Crippen LogP contribution in [0.2, 0.25) is 5.02 Å². The monoisotopic (exact) mass is 603 g/mol. The summed E-state index contributed by atoms with van der Waals surface area (Å²) in [5.41, 5.74) is 5.09. The van der Waals surface area contributed by atoms with Gasteiger partial charge in [-0.3, -0.25) is 0 Å². The number of nitrogens with one attached hydrogen (secondary N) is 2. The molecule has 0 amide bonds. The van der Waals surface area contributed by atoms with E-state index in [1.807, 2.05) is 30.5 Å². The van der Waals surface area contributed by atoms with E-state index in [1.165, 1.54) is 12.3 Å². The van der Waals surface area contributed by atoms with Gasteiger partial charge in [-0.2, -0.15) is 4.98 Å². The van der Waals surface area contributed by atoms with Crippen molar-refractivity contribution in [3.05, 3.63) is 88.7 Å². The van der Waals surface area contributed by atoms with Crippen molar-refractivity contribution in [1.82, 2.24) is 9.97 Å². The van der Waals surface area contributed by atoms with E-state index in [1.54, 1.807) is 25.3 Å². The quantitative estimate of drug-likeness (QED) is 0.131. The Labute approximate surface area is 255 Å². The Morgan fingerprint density at radius 1 is 1.14 bits per heavy atom. The average molecular weight is 604 g/mol. The van der Waals surface area contributed by atoms with E-state index in [0.717, 1.165) is 65.9 Å². The molecule has 10 heteroatoms. The molecule has 2 aromatic heterocycles. The predicted molar refractivity (Wildman–Crippen MR) is 168 cm³/mol. The molecule has 2 aromatic carbocycles. The van der Waals surface area contributed by atoms with Gasteiger partial charge < -0.3 is 19.8 Å². The van der Waals surface area contributed by atoms with Crippen molar-refractivity contribution >= 4 is 41.3 Å². The highest BCUT2D eigenvalue weighted by atomic mass is 35.5. The van der Waals surface area contributed by atoms with Gasteiger partial charge in [0.15, 0.2) is 5.69 Å². The summed E-state index contributed by atoms with van der Waals surface area (Å²) in [4.78, 5) is 24.8. The minimum Gasteiger partial charge on any atom is -0.461 e. The van der Waals surface area contributed by atoms with Crippen LogP contribution in [0.15, 0.2) is 70.4 Å². The summed E-state index contributed by atoms with van der Waals surface area (Å²) >= 11 is 6.68. The first-order valence-electron chi connectivity index (χ1n) is 14.6. The topological polar surface area (TPSA) is 102 Å². The van der Waals surface area contributed by atoms with Crippen LogP contribution >= 0.6 is 11.6 Å². The number of carbonyl (C=O) groups excluding carboxylic acids is 1. The summed E-state index contributed by atoms with van der Waals surface area (Å²) in [7, 11) is 0. The smallest absolute Gasteiger partial charge is 0.360 e. The molecule has 0 spiro atoms. The molecule has 1 saturated carbocycles. The highest BCUT2D eigenvalue weighted by molar-refractivity contribution is 6.33. The SMILES string of the molecule is CCOC(=O)c1coc(N=CC2CCC(Nc3cc(-c4cccc(NCc5cccc(F)c5)c4CC)c(Cl)cn3)CC2)n1. The van der Waals surface area contributed by atoms with Crippen LogP contribution in [0.25, 0.3) is 11.1 Å². The first-order chi connectivity index (χ1) is 20.9. The Kier molecular flexibility index (Phi) is 10.0. The molecule has 1 aliphatic rings. The lowest BCUT2D eigenvalue weighted by molar-refractivity contribution is 0.0519. The second-order valence-corrected chi connectivity index (χ2v) is 10.9. The molecule has 0 radical (unpaired) electrons. The van der Waals surface area contributed by atoms with Crippen molar-refractivity contribution in [3.8, 4) is 11.1 Å². The molecular weight excluding hydrogens is 569 g/mol. The third-order valence-corrected chi connectivity index (χ3v) is 7.84. The van der Waals surface area contributed by atoms with Gasteiger partial charge in [0.25, 0.3) is 0 Å². The Hall–Kier alpha value is -4.24. The van der Waals surface area contributed by atoms with Crippen LogP contribution in [-0.2, 0) is 17.7 Å². The summed E-state index contributed by atoms with van der Waals surface area (Å²) in [6.07, 6.45) is 9.43. The number of aliphatic imine (C=N–C) groups is 1. The number of hydrogen-bond donors (Lipinski definition) is 2. The number of halogens is 2. The number of oxazole rings is 1. The van der Waals surface area contributed by atoms with Crippen molar-refractivity contribution in [2.24, 2.45) is 10.9 Å². The van der Waals surface area contributed by atoms with Gasteiger partial charge in [0.05, 0.1) is 11.6 Å². The van der Waals surface area contributed by atoms with Gasteiger partial charge in [-0.05, 0) is 85.9 Å². The molecule has 0 saturated heterocycles. The minimum absolute atomic E-state index is 0.120. The van der Waals surface area contributed by atoms with Crippen LogP contribution in [0.4, 0.5) is 21.9 Å². The maximum Gasteiger partial charge on any atom is 0.360 e. The standard InChI is InChI=1S/C33H35ClFN5O3/c1-3-25-26(9-6-10-29(25)36-18-22-7-5-8-23(35)15-22)27-16-31(37-19-28(27)34)39-24-13-11-21(12-14-24)17-38-33-40-30(20-43-33)32(41)42-4-2/h5-10,15-17,19-21,24,36H,3-4,11-14,18H2,1-2H3,(H,37,39). The van der Waals surface area contributed by atoms with Crippen molar-refractivity contribution in [2.45, 2.75) is 58.5 Å². The second-order valence-electron chi connectivity index (χ2n) is 10.5. The largest absolute Gasteiger partial charge is 0.461 e. The third kappa shape index (κ3) is 7.78. The molecule has 2 N–H and O–H groups in total. The van der Waals surface area contributed by atoms with E-state index in [4.69, 9.17) is 20.8 Å². The molecule has 0 bridgehead atoms. The van der Waals surface area contributed by atoms with Gasteiger partial charge in [-0.15, -0.1) is 0 Å². The molecule has 0 aliphatic heterocycles. The van der Waals surface area contributed by atoms with Crippen LogP contribution < -0.4 is 10.6 Å². The summed E-state index contributed by atoms with van der Waals surface area (Å²) < 4.78 is 23.9. The Balaban J connectivity index is 1.21. The minimum atomic E-state index is -0.519. The van der Waals surface area contributed by atoms with Gasteiger partial charge in [0.1, 0.15) is 17.9 Å². The van der Waals surface area contributed by atoms with Crippen LogP contribution in [0.5, 0.6) is 0 Å². The van der Waals surface area contributed by atoms with Crippen molar-refractivity contribution < 1.29 is 18.3 Å². The van der Waals surface area contributed by atoms with E-state index in [9.17, 15) is 9.18 Å². The Morgan fingerprint density at radius 3 is 2.72 bits per heavy atom. The van der Waals surface area contributed by atoms with E-state index >= 15 is 0 Å². The van der Waals surface area contributed by atoms with E-state index in [-0.39, 0.29) is 30.2 Å². The zero-order valence-corrected chi connectivity index (χ0v) is 25.0. The molecular formula is C33H35ClFN5O3. The molecule has 5 rings (SSSR count). The summed E-state index contributed by atoms with van der Waals surface area (Å²) in [5, 5.41) is 7.65. The van der Waals surface area contributed by atoms with Crippen LogP contribution in [0.3, 0.4) is 0 Å². The first-order valence-corrected chi connectivity index (χ1v) is 15.0. The van der Waals surface area contributed by atoms with Crippen molar-refractivity contribution in [1.29, 1.82) is 0 Å².